The summed E-state index contributed by atoms with van der Waals surface area (Å²) in [5.41, 5.74) is 1.75. The molecule has 0 fully saturated rings. The lowest BCUT2D eigenvalue weighted by molar-refractivity contribution is 0.102. The van der Waals surface area contributed by atoms with Crippen LogP contribution in [0, 0.1) is 18.3 Å². The summed E-state index contributed by atoms with van der Waals surface area (Å²) in [6.45, 7) is 1.72. The number of phenolic OH excluding ortho intramolecular Hbond substituents is 1. The fraction of sp³-hybridized carbons (Fsp3) is 0.0455. The minimum atomic E-state index is -0.460. The summed E-state index contributed by atoms with van der Waals surface area (Å²) in [7, 11) is 0. The molecule has 4 rings (SSSR count). The van der Waals surface area contributed by atoms with Gasteiger partial charge in [-0.1, -0.05) is 42.5 Å². The number of rotatable bonds is 4. The van der Waals surface area contributed by atoms with Crippen LogP contribution in [-0.2, 0) is 0 Å². The Hall–Kier alpha value is -4.09. The number of phenols is 1. The number of fused-ring (bicyclic) bond motifs is 1. The molecule has 146 valence electrons. The van der Waals surface area contributed by atoms with Crippen LogP contribution in [0.2, 0.25) is 0 Å². The van der Waals surface area contributed by atoms with Crippen molar-refractivity contribution in [3.05, 3.63) is 77.5 Å². The number of amides is 1. The first kappa shape index (κ1) is 19.2. The van der Waals surface area contributed by atoms with Gasteiger partial charge in [0.2, 0.25) is 0 Å². The van der Waals surface area contributed by atoms with Crippen LogP contribution in [0.4, 0.5) is 16.4 Å². The van der Waals surface area contributed by atoms with E-state index in [0.29, 0.717) is 27.3 Å². The Morgan fingerprint density at radius 2 is 1.87 bits per heavy atom. The molecule has 8 heteroatoms. The molecule has 3 aromatic carbocycles. The minimum Gasteiger partial charge on any atom is -0.505 e. The van der Waals surface area contributed by atoms with Crippen LogP contribution < -0.4 is 5.32 Å². The molecule has 30 heavy (non-hydrogen) atoms. The van der Waals surface area contributed by atoms with Gasteiger partial charge in [-0.05, 0) is 47.4 Å². The van der Waals surface area contributed by atoms with Crippen molar-refractivity contribution in [1.82, 2.24) is 4.37 Å². The van der Waals surface area contributed by atoms with E-state index in [-0.39, 0.29) is 17.0 Å². The molecule has 1 heterocycles. The number of benzene rings is 3. The van der Waals surface area contributed by atoms with Gasteiger partial charge in [0.15, 0.2) is 10.8 Å². The molecule has 0 aliphatic heterocycles. The molecule has 0 aliphatic carbocycles. The van der Waals surface area contributed by atoms with E-state index in [1.165, 1.54) is 0 Å². The van der Waals surface area contributed by atoms with Gasteiger partial charge in [-0.25, -0.2) is 0 Å². The van der Waals surface area contributed by atoms with Crippen LogP contribution in [0.1, 0.15) is 21.6 Å². The second-order valence-electron chi connectivity index (χ2n) is 6.42. The Labute approximate surface area is 176 Å². The maximum absolute atomic E-state index is 13.0. The summed E-state index contributed by atoms with van der Waals surface area (Å²) in [6, 6.07) is 19.9. The van der Waals surface area contributed by atoms with Gasteiger partial charge < -0.3 is 10.4 Å². The topological polar surface area (TPSA) is 111 Å². The highest BCUT2D eigenvalue weighted by Crippen LogP contribution is 2.39. The summed E-state index contributed by atoms with van der Waals surface area (Å²) >= 11 is 1.05. The highest BCUT2D eigenvalue weighted by molar-refractivity contribution is 7.10. The Bertz CT molecular complexity index is 1320. The SMILES string of the molecule is Cc1nsc(/N=N/c2cc3ccccc3c(C(=O)Nc3ccccc3)c2O)c1C#N. The minimum absolute atomic E-state index is 0.104. The number of aromatic hydroxyl groups is 1. The Morgan fingerprint density at radius 1 is 1.13 bits per heavy atom. The molecule has 0 saturated carbocycles. The molecular weight excluding hydrogens is 398 g/mol. The summed E-state index contributed by atoms with van der Waals surface area (Å²) < 4.78 is 4.10. The molecular formula is C22H15N5O2S. The summed E-state index contributed by atoms with van der Waals surface area (Å²) in [4.78, 5) is 13.0. The third-order valence-corrected chi connectivity index (χ3v) is 5.29. The number of hydrogen-bond donors (Lipinski definition) is 2. The largest absolute Gasteiger partial charge is 0.505 e. The van der Waals surface area contributed by atoms with Crippen molar-refractivity contribution < 1.29 is 9.90 Å². The molecule has 0 aliphatic rings. The number of hydrogen-bond acceptors (Lipinski definition) is 7. The van der Waals surface area contributed by atoms with Crippen molar-refractivity contribution in [3.8, 4) is 11.8 Å². The fourth-order valence-corrected chi connectivity index (χ4v) is 3.67. The van der Waals surface area contributed by atoms with Crippen molar-refractivity contribution in [3.63, 3.8) is 0 Å². The van der Waals surface area contributed by atoms with E-state index >= 15 is 0 Å². The van der Waals surface area contributed by atoms with Crippen molar-refractivity contribution in [1.29, 1.82) is 5.26 Å². The average Bonchev–Trinajstić information content (AvgIpc) is 3.12. The zero-order valence-corrected chi connectivity index (χ0v) is 16.6. The van der Waals surface area contributed by atoms with Crippen LogP contribution >= 0.6 is 11.5 Å². The van der Waals surface area contributed by atoms with Crippen molar-refractivity contribution >= 4 is 44.6 Å². The standard InChI is InChI=1S/C22H15N5O2S/c1-13-17(12-23)22(30-27-13)26-25-18-11-14-7-5-6-10-16(14)19(20(18)28)21(29)24-15-8-3-2-4-9-15/h2-11,28H,1H3,(H,24,29)/b26-25+. The van der Waals surface area contributed by atoms with E-state index in [2.05, 4.69) is 19.9 Å². The van der Waals surface area contributed by atoms with E-state index < -0.39 is 5.91 Å². The number of para-hydroxylation sites is 1. The molecule has 0 saturated heterocycles. The smallest absolute Gasteiger partial charge is 0.260 e. The maximum atomic E-state index is 13.0. The number of aryl methyl sites for hydroxylation is 1. The van der Waals surface area contributed by atoms with Gasteiger partial charge in [-0.2, -0.15) is 9.64 Å². The summed E-state index contributed by atoms with van der Waals surface area (Å²) in [5.74, 6) is -0.746. The lowest BCUT2D eigenvalue weighted by atomic mass is 10.0. The van der Waals surface area contributed by atoms with Gasteiger partial charge >= 0.3 is 0 Å². The molecule has 7 nitrogen and oxygen atoms in total. The first-order valence-corrected chi connectivity index (χ1v) is 9.75. The zero-order valence-electron chi connectivity index (χ0n) is 15.8. The predicted molar refractivity (Wildman–Crippen MR) is 116 cm³/mol. The molecule has 2 N–H and O–H groups in total. The average molecular weight is 413 g/mol. The third kappa shape index (κ3) is 3.62. The number of carbonyl (C=O) groups is 1. The van der Waals surface area contributed by atoms with Crippen LogP contribution in [0.5, 0.6) is 5.75 Å². The molecule has 0 spiro atoms. The van der Waals surface area contributed by atoms with E-state index in [9.17, 15) is 15.2 Å². The Kier molecular flexibility index (Phi) is 5.20. The number of carbonyl (C=O) groups excluding carboxylic acids is 1. The maximum Gasteiger partial charge on any atom is 0.260 e. The van der Waals surface area contributed by atoms with Gasteiger partial charge in [0.1, 0.15) is 17.3 Å². The molecule has 1 amide bonds. The van der Waals surface area contributed by atoms with Crippen molar-refractivity contribution in [2.75, 3.05) is 5.32 Å². The van der Waals surface area contributed by atoms with Gasteiger partial charge in [-0.15, -0.1) is 10.2 Å². The highest BCUT2D eigenvalue weighted by atomic mass is 32.1. The first-order chi connectivity index (χ1) is 14.6. The fourth-order valence-electron chi connectivity index (χ4n) is 3.00. The molecule has 0 radical (unpaired) electrons. The third-order valence-electron chi connectivity index (χ3n) is 4.47. The van der Waals surface area contributed by atoms with E-state index in [1.807, 2.05) is 36.4 Å². The molecule has 0 bridgehead atoms. The molecule has 1 aromatic heterocycles. The van der Waals surface area contributed by atoms with Gasteiger partial charge in [0.25, 0.3) is 5.91 Å². The molecule has 0 unspecified atom stereocenters. The van der Waals surface area contributed by atoms with Crippen LogP contribution in [0.3, 0.4) is 0 Å². The number of nitrogens with one attached hydrogen (secondary N) is 1. The summed E-state index contributed by atoms with van der Waals surface area (Å²) in [5, 5.41) is 32.8. The van der Waals surface area contributed by atoms with Gasteiger partial charge in [0.05, 0.1) is 11.3 Å². The quantitative estimate of drug-likeness (QED) is 0.409. The molecule has 4 aromatic rings. The van der Waals surface area contributed by atoms with Gasteiger partial charge in [-0.3, -0.25) is 4.79 Å². The second-order valence-corrected chi connectivity index (χ2v) is 7.17. The Morgan fingerprint density at radius 3 is 2.63 bits per heavy atom. The number of nitrogens with zero attached hydrogens (tertiary/aromatic N) is 4. The van der Waals surface area contributed by atoms with E-state index in [1.54, 1.807) is 37.3 Å². The van der Waals surface area contributed by atoms with Crippen LogP contribution in [0.25, 0.3) is 10.8 Å². The van der Waals surface area contributed by atoms with Crippen LogP contribution in [0.15, 0.2) is 70.9 Å². The lowest BCUT2D eigenvalue weighted by Gasteiger charge is -2.11. The number of nitriles is 1. The molecule has 0 atom stereocenters. The van der Waals surface area contributed by atoms with Gasteiger partial charge in [0, 0.05) is 5.69 Å². The Balaban J connectivity index is 1.80. The first-order valence-electron chi connectivity index (χ1n) is 8.97. The van der Waals surface area contributed by atoms with E-state index in [0.717, 1.165) is 16.9 Å². The van der Waals surface area contributed by atoms with Crippen molar-refractivity contribution in [2.24, 2.45) is 10.2 Å². The predicted octanol–water partition coefficient (Wildman–Crippen LogP) is 5.85. The lowest BCUT2D eigenvalue weighted by Crippen LogP contribution is -2.12. The zero-order chi connectivity index (χ0) is 21.1. The van der Waals surface area contributed by atoms with Crippen molar-refractivity contribution in [2.45, 2.75) is 6.92 Å². The van der Waals surface area contributed by atoms with E-state index in [4.69, 9.17) is 0 Å². The number of azo groups is 1. The highest BCUT2D eigenvalue weighted by Gasteiger charge is 2.20. The normalized spacial score (nSPS) is 10.9. The summed E-state index contributed by atoms with van der Waals surface area (Å²) in [6.07, 6.45) is 0. The second kappa shape index (κ2) is 8.11. The number of aromatic nitrogens is 1. The number of anilines is 1. The monoisotopic (exact) mass is 413 g/mol. The van der Waals surface area contributed by atoms with Crippen LogP contribution in [-0.4, -0.2) is 15.4 Å².